The van der Waals surface area contributed by atoms with Gasteiger partial charge in [0.25, 0.3) is 0 Å². The minimum absolute atomic E-state index is 0.408. The highest BCUT2D eigenvalue weighted by Crippen LogP contribution is 2.19. The Hall–Kier alpha value is -1.97. The second-order valence-electron chi connectivity index (χ2n) is 2.61. The van der Waals surface area contributed by atoms with E-state index < -0.39 is 5.95 Å². The van der Waals surface area contributed by atoms with Crippen molar-refractivity contribution in [3.8, 4) is 11.5 Å². The van der Waals surface area contributed by atoms with Crippen LogP contribution in [0.4, 0.5) is 4.39 Å². The Morgan fingerprint density at radius 2 is 2.07 bits per heavy atom. The van der Waals surface area contributed by atoms with E-state index in [9.17, 15) is 4.39 Å². The van der Waals surface area contributed by atoms with Crippen LogP contribution in [-0.4, -0.2) is 9.97 Å². The van der Waals surface area contributed by atoms with Crippen LogP contribution in [-0.2, 0) is 0 Å². The Labute approximate surface area is 80.2 Å². The highest BCUT2D eigenvalue weighted by molar-refractivity contribution is 5.26. The van der Waals surface area contributed by atoms with Crippen molar-refractivity contribution in [2.45, 2.75) is 0 Å². The lowest BCUT2D eigenvalue weighted by Gasteiger charge is -2.03. The molecule has 0 bridgehead atoms. The van der Waals surface area contributed by atoms with Gasteiger partial charge in [-0.25, -0.2) is 4.98 Å². The van der Waals surface area contributed by atoms with Crippen molar-refractivity contribution in [2.24, 2.45) is 0 Å². The Morgan fingerprint density at radius 1 is 1.14 bits per heavy atom. The van der Waals surface area contributed by atoms with Gasteiger partial charge >= 0.3 is 0 Å². The van der Waals surface area contributed by atoms with E-state index in [-0.39, 0.29) is 0 Å². The second-order valence-corrected chi connectivity index (χ2v) is 2.61. The van der Waals surface area contributed by atoms with E-state index in [0.717, 1.165) is 0 Å². The van der Waals surface area contributed by atoms with Gasteiger partial charge < -0.3 is 4.74 Å². The predicted molar refractivity (Wildman–Crippen MR) is 48.5 cm³/mol. The summed E-state index contributed by atoms with van der Waals surface area (Å²) < 4.78 is 18.0. The lowest BCUT2D eigenvalue weighted by Crippen LogP contribution is -1.87. The zero-order valence-electron chi connectivity index (χ0n) is 7.22. The third kappa shape index (κ3) is 2.04. The topological polar surface area (TPSA) is 35.0 Å². The molecule has 0 spiro atoms. The van der Waals surface area contributed by atoms with Crippen molar-refractivity contribution < 1.29 is 9.13 Å². The molecule has 14 heavy (non-hydrogen) atoms. The van der Waals surface area contributed by atoms with Gasteiger partial charge in [0.2, 0.25) is 5.95 Å². The van der Waals surface area contributed by atoms with Crippen LogP contribution in [0.1, 0.15) is 0 Å². The first-order valence-corrected chi connectivity index (χ1v) is 4.04. The number of rotatable bonds is 2. The summed E-state index contributed by atoms with van der Waals surface area (Å²) in [6.45, 7) is 0. The maximum atomic E-state index is 12.7. The maximum absolute atomic E-state index is 12.7. The third-order valence-electron chi connectivity index (χ3n) is 1.57. The van der Waals surface area contributed by atoms with Gasteiger partial charge in [0.15, 0.2) is 0 Å². The fourth-order valence-electron chi connectivity index (χ4n) is 0.992. The molecular weight excluding hydrogens is 183 g/mol. The van der Waals surface area contributed by atoms with E-state index in [1.807, 2.05) is 0 Å². The van der Waals surface area contributed by atoms with Gasteiger partial charge in [0.05, 0.1) is 6.20 Å². The van der Waals surface area contributed by atoms with Crippen molar-refractivity contribution in [1.29, 1.82) is 0 Å². The normalized spacial score (nSPS) is 9.79. The van der Waals surface area contributed by atoms with Gasteiger partial charge in [0, 0.05) is 18.5 Å². The van der Waals surface area contributed by atoms with E-state index in [0.29, 0.717) is 11.5 Å². The van der Waals surface area contributed by atoms with E-state index >= 15 is 0 Å². The SMILES string of the molecule is Fc1cc(Oc2cccnc2)ccn1. The van der Waals surface area contributed by atoms with Crippen LogP contribution >= 0.6 is 0 Å². The summed E-state index contributed by atoms with van der Waals surface area (Å²) in [6.07, 6.45) is 4.54. The monoisotopic (exact) mass is 190 g/mol. The molecule has 2 heterocycles. The van der Waals surface area contributed by atoms with Crippen LogP contribution in [0.2, 0.25) is 0 Å². The summed E-state index contributed by atoms with van der Waals surface area (Å²) in [5.41, 5.74) is 0. The first-order valence-electron chi connectivity index (χ1n) is 4.04. The quantitative estimate of drug-likeness (QED) is 0.682. The van der Waals surface area contributed by atoms with Gasteiger partial charge in [-0.2, -0.15) is 4.39 Å². The average molecular weight is 190 g/mol. The summed E-state index contributed by atoms with van der Waals surface area (Å²) in [7, 11) is 0. The maximum Gasteiger partial charge on any atom is 0.216 e. The summed E-state index contributed by atoms with van der Waals surface area (Å²) >= 11 is 0. The number of halogens is 1. The molecule has 0 saturated heterocycles. The molecule has 2 aromatic rings. The smallest absolute Gasteiger partial charge is 0.216 e. The fourth-order valence-corrected chi connectivity index (χ4v) is 0.992. The molecule has 2 rings (SSSR count). The molecule has 3 nitrogen and oxygen atoms in total. The number of ether oxygens (including phenoxy) is 1. The third-order valence-corrected chi connectivity index (χ3v) is 1.57. The van der Waals surface area contributed by atoms with E-state index in [1.165, 1.54) is 12.3 Å². The molecule has 0 amide bonds. The zero-order valence-corrected chi connectivity index (χ0v) is 7.22. The Bertz CT molecular complexity index is 419. The van der Waals surface area contributed by atoms with Gasteiger partial charge in [-0.15, -0.1) is 0 Å². The number of hydrogen-bond donors (Lipinski definition) is 0. The first kappa shape index (κ1) is 8.62. The molecule has 2 aromatic heterocycles. The Balaban J connectivity index is 2.19. The number of aromatic nitrogens is 2. The molecule has 0 fully saturated rings. The molecule has 0 atom stereocenters. The minimum Gasteiger partial charge on any atom is -0.456 e. The Kier molecular flexibility index (Phi) is 2.36. The molecular formula is C10H7FN2O. The number of nitrogens with zero attached hydrogens (tertiary/aromatic N) is 2. The molecule has 0 radical (unpaired) electrons. The summed E-state index contributed by atoms with van der Waals surface area (Å²) in [4.78, 5) is 7.29. The summed E-state index contributed by atoms with van der Waals surface area (Å²) in [6, 6.07) is 6.28. The van der Waals surface area contributed by atoms with Crippen molar-refractivity contribution in [1.82, 2.24) is 9.97 Å². The molecule has 70 valence electrons. The number of hydrogen-bond acceptors (Lipinski definition) is 3. The zero-order chi connectivity index (χ0) is 9.80. The highest BCUT2D eigenvalue weighted by Gasteiger charge is 1.98. The molecule has 0 N–H and O–H groups in total. The molecule has 0 aliphatic heterocycles. The molecule has 0 saturated carbocycles. The van der Waals surface area contributed by atoms with Gasteiger partial charge in [0.1, 0.15) is 11.5 Å². The highest BCUT2D eigenvalue weighted by atomic mass is 19.1. The molecule has 0 aliphatic carbocycles. The van der Waals surface area contributed by atoms with E-state index in [2.05, 4.69) is 9.97 Å². The first-order chi connectivity index (χ1) is 6.84. The van der Waals surface area contributed by atoms with E-state index in [1.54, 1.807) is 30.6 Å². The lowest BCUT2D eigenvalue weighted by molar-refractivity contribution is 0.470. The Morgan fingerprint density at radius 3 is 2.79 bits per heavy atom. The van der Waals surface area contributed by atoms with Crippen LogP contribution < -0.4 is 4.74 Å². The molecule has 0 unspecified atom stereocenters. The molecule has 0 aliphatic rings. The summed E-state index contributed by atoms with van der Waals surface area (Å²) in [5, 5.41) is 0. The van der Waals surface area contributed by atoms with Crippen molar-refractivity contribution >= 4 is 0 Å². The van der Waals surface area contributed by atoms with Crippen LogP contribution in [0.5, 0.6) is 11.5 Å². The van der Waals surface area contributed by atoms with Gasteiger partial charge in [-0.05, 0) is 18.2 Å². The van der Waals surface area contributed by atoms with Crippen molar-refractivity contribution in [3.05, 3.63) is 48.8 Å². The van der Waals surface area contributed by atoms with Gasteiger partial charge in [-0.3, -0.25) is 4.98 Å². The molecule has 0 aromatic carbocycles. The molecule has 4 heteroatoms. The lowest BCUT2D eigenvalue weighted by atomic mass is 10.4. The van der Waals surface area contributed by atoms with Gasteiger partial charge in [-0.1, -0.05) is 0 Å². The second kappa shape index (κ2) is 3.83. The fraction of sp³-hybridized carbons (Fsp3) is 0. The summed E-state index contributed by atoms with van der Waals surface area (Å²) in [5.74, 6) is 0.412. The van der Waals surface area contributed by atoms with E-state index in [4.69, 9.17) is 4.74 Å². The average Bonchev–Trinajstić information content (AvgIpc) is 2.19. The minimum atomic E-state index is -0.564. The van der Waals surface area contributed by atoms with Crippen molar-refractivity contribution in [3.63, 3.8) is 0 Å². The van der Waals surface area contributed by atoms with Crippen LogP contribution in [0.25, 0.3) is 0 Å². The predicted octanol–water partition coefficient (Wildman–Crippen LogP) is 2.41. The number of pyridine rings is 2. The largest absolute Gasteiger partial charge is 0.456 e. The van der Waals surface area contributed by atoms with Crippen LogP contribution in [0.15, 0.2) is 42.9 Å². The van der Waals surface area contributed by atoms with Crippen LogP contribution in [0.3, 0.4) is 0 Å². The standard InChI is InChI=1S/C10H7FN2O/c11-10-6-8(3-5-13-10)14-9-2-1-4-12-7-9/h1-7H. The van der Waals surface area contributed by atoms with Crippen LogP contribution in [0, 0.1) is 5.95 Å². The van der Waals surface area contributed by atoms with Crippen molar-refractivity contribution in [2.75, 3.05) is 0 Å².